The Morgan fingerprint density at radius 1 is 1.19 bits per heavy atom. The average molecular weight is 624 g/mol. The van der Waals surface area contributed by atoms with Crippen molar-refractivity contribution in [2.24, 2.45) is 13.0 Å². The van der Waals surface area contributed by atoms with E-state index >= 15 is 0 Å². The first-order valence-corrected chi connectivity index (χ1v) is 16.1. The van der Waals surface area contributed by atoms with E-state index in [-0.39, 0.29) is 59.3 Å². The van der Waals surface area contributed by atoms with Crippen LogP contribution >= 0.6 is 0 Å². The normalized spacial score (nSPS) is 18.9. The molecule has 15 heteroatoms. The summed E-state index contributed by atoms with van der Waals surface area (Å²) in [6.45, 7) is 3.34. The fraction of sp³-hybridized carbons (Fsp3) is 0.407. The van der Waals surface area contributed by atoms with Gasteiger partial charge in [0.2, 0.25) is 5.91 Å². The summed E-state index contributed by atoms with van der Waals surface area (Å²) in [5, 5.41) is 9.72. The summed E-state index contributed by atoms with van der Waals surface area (Å²) in [5.74, 6) is -0.980. The second kappa shape index (κ2) is 12.4. The lowest BCUT2D eigenvalue weighted by Crippen LogP contribution is -2.48. The van der Waals surface area contributed by atoms with Crippen LogP contribution in [0.3, 0.4) is 0 Å². The number of aryl methyl sites for hydroxylation is 1. The van der Waals surface area contributed by atoms with Crippen LogP contribution in [-0.4, -0.2) is 85.5 Å². The molecule has 4 rings (SSSR count). The summed E-state index contributed by atoms with van der Waals surface area (Å²) >= 11 is 0. The third-order valence-corrected chi connectivity index (χ3v) is 10.2. The average Bonchev–Trinajstić information content (AvgIpc) is 3.39. The number of sulfonamides is 2. The van der Waals surface area contributed by atoms with Crippen LogP contribution < -0.4 is 9.46 Å². The summed E-state index contributed by atoms with van der Waals surface area (Å²) in [4.78, 5) is 18.8. The topological polar surface area (TPSA) is 151 Å². The molecule has 3 atom stereocenters. The predicted molar refractivity (Wildman–Crippen MR) is 152 cm³/mol. The number of rotatable bonds is 9. The number of carbonyl (C=O) groups excluding carboxylic acids is 1. The van der Waals surface area contributed by atoms with E-state index in [0.29, 0.717) is 5.56 Å². The minimum Gasteiger partial charge on any atom is -0.488 e. The number of nitrogens with one attached hydrogen (secondary N) is 1. The van der Waals surface area contributed by atoms with Crippen molar-refractivity contribution in [2.75, 3.05) is 31.5 Å². The largest absolute Gasteiger partial charge is 0.488 e. The number of carbonyl (C=O) groups is 1. The number of likely N-dealkylation sites (N-methyl/N-ethyl adjacent to an activating group) is 1. The van der Waals surface area contributed by atoms with E-state index in [1.54, 1.807) is 14.0 Å². The molecule has 0 unspecified atom stereocenters. The third-order valence-electron chi connectivity index (χ3n) is 7.09. The van der Waals surface area contributed by atoms with Crippen molar-refractivity contribution in [3.8, 4) is 5.75 Å². The van der Waals surface area contributed by atoms with Gasteiger partial charge in [0, 0.05) is 44.0 Å². The lowest BCUT2D eigenvalue weighted by atomic mass is 10.0. The second-order valence-electron chi connectivity index (χ2n) is 10.4. The van der Waals surface area contributed by atoms with Gasteiger partial charge in [0.25, 0.3) is 20.0 Å². The summed E-state index contributed by atoms with van der Waals surface area (Å²) in [7, 11) is -4.94. The number of imidazole rings is 1. The van der Waals surface area contributed by atoms with Crippen molar-refractivity contribution < 1.29 is 35.9 Å². The Hall–Kier alpha value is -3.53. The van der Waals surface area contributed by atoms with Crippen LogP contribution in [0.25, 0.3) is 0 Å². The Labute approximate surface area is 244 Å². The number of hydrogen-bond donors (Lipinski definition) is 2. The van der Waals surface area contributed by atoms with Gasteiger partial charge in [0.15, 0.2) is 5.03 Å². The summed E-state index contributed by atoms with van der Waals surface area (Å²) in [5.41, 5.74) is 0.513. The number of hydrogen-bond acceptors (Lipinski definition) is 8. The number of amides is 1. The van der Waals surface area contributed by atoms with E-state index in [9.17, 15) is 31.1 Å². The summed E-state index contributed by atoms with van der Waals surface area (Å²) < 4.78 is 76.9. The van der Waals surface area contributed by atoms with E-state index in [1.165, 1.54) is 47.2 Å². The quantitative estimate of drug-likeness (QED) is 0.367. The van der Waals surface area contributed by atoms with Crippen LogP contribution in [0.1, 0.15) is 19.4 Å². The van der Waals surface area contributed by atoms with Gasteiger partial charge in [-0.05, 0) is 49.4 Å². The maximum atomic E-state index is 13.4. The van der Waals surface area contributed by atoms with Crippen LogP contribution in [0.5, 0.6) is 5.75 Å². The molecule has 1 aliphatic rings. The highest BCUT2D eigenvalue weighted by Gasteiger charge is 2.34. The lowest BCUT2D eigenvalue weighted by Gasteiger charge is -2.33. The van der Waals surface area contributed by atoms with Gasteiger partial charge in [-0.2, -0.15) is 4.31 Å². The maximum Gasteiger partial charge on any atom is 0.261 e. The Morgan fingerprint density at radius 2 is 1.88 bits per heavy atom. The van der Waals surface area contributed by atoms with Gasteiger partial charge < -0.3 is 19.3 Å². The highest BCUT2D eigenvalue weighted by molar-refractivity contribution is 7.92. The van der Waals surface area contributed by atoms with Crippen molar-refractivity contribution in [1.29, 1.82) is 0 Å². The fourth-order valence-electron chi connectivity index (χ4n) is 4.57. The first kappa shape index (κ1) is 31.4. The van der Waals surface area contributed by atoms with Crippen molar-refractivity contribution >= 4 is 31.6 Å². The van der Waals surface area contributed by atoms with E-state index in [2.05, 4.69) is 9.71 Å². The van der Waals surface area contributed by atoms with Crippen LogP contribution in [0, 0.1) is 11.7 Å². The molecule has 0 aliphatic carbocycles. The standard InChI is InChI=1S/C27H34FN5O7S2/c1-18-13-33(19(2)16-34)27(35)12-20-11-22(30-41(36,37)23-8-5-21(28)6-9-23)7-10-24(20)40-25(18)14-32(4)42(38,39)26-15-31(3)17-29-26/h5-11,15,17-19,25,30,34H,12-14,16H2,1-4H3/t18-,19+,25+/m1/s1. The molecule has 0 saturated heterocycles. The molecular weight excluding hydrogens is 589 g/mol. The molecule has 0 fully saturated rings. The summed E-state index contributed by atoms with van der Waals surface area (Å²) in [6.07, 6.45) is 1.89. The molecule has 2 aromatic carbocycles. The van der Waals surface area contributed by atoms with Crippen LogP contribution in [0.4, 0.5) is 10.1 Å². The van der Waals surface area contributed by atoms with E-state index in [0.717, 1.165) is 28.6 Å². The highest BCUT2D eigenvalue weighted by Crippen LogP contribution is 2.30. The SMILES string of the molecule is C[C@@H]1CN([C@@H](C)CO)C(=O)Cc2cc(NS(=O)(=O)c3ccc(F)cc3)ccc2O[C@H]1CN(C)S(=O)(=O)c1cn(C)cn1. The maximum absolute atomic E-state index is 13.4. The molecule has 1 amide bonds. The molecule has 0 bridgehead atoms. The monoisotopic (exact) mass is 623 g/mol. The Bertz CT molecular complexity index is 1650. The molecule has 1 aromatic heterocycles. The number of halogens is 1. The molecule has 2 N–H and O–H groups in total. The molecule has 12 nitrogen and oxygen atoms in total. The minimum atomic E-state index is -4.07. The zero-order valence-electron chi connectivity index (χ0n) is 23.6. The van der Waals surface area contributed by atoms with Gasteiger partial charge in [-0.3, -0.25) is 9.52 Å². The van der Waals surface area contributed by atoms with Crippen LogP contribution in [-0.2, 0) is 38.3 Å². The molecular formula is C27H34FN5O7S2. The highest BCUT2D eigenvalue weighted by atomic mass is 32.2. The molecule has 2 heterocycles. The number of aliphatic hydroxyl groups excluding tert-OH is 1. The first-order valence-electron chi connectivity index (χ1n) is 13.1. The fourth-order valence-corrected chi connectivity index (χ4v) is 6.76. The van der Waals surface area contributed by atoms with Crippen molar-refractivity contribution in [3.05, 3.63) is 66.4 Å². The van der Waals surface area contributed by atoms with Gasteiger partial charge >= 0.3 is 0 Å². The number of fused-ring (bicyclic) bond motifs is 1. The van der Waals surface area contributed by atoms with Gasteiger partial charge in [0.05, 0.1) is 36.8 Å². The number of anilines is 1. The molecule has 0 radical (unpaired) electrons. The van der Waals surface area contributed by atoms with Gasteiger partial charge in [-0.15, -0.1) is 0 Å². The molecule has 1 aliphatic heterocycles. The van der Waals surface area contributed by atoms with E-state index < -0.39 is 38.0 Å². The van der Waals surface area contributed by atoms with Crippen LogP contribution in [0.15, 0.2) is 64.9 Å². The molecule has 42 heavy (non-hydrogen) atoms. The smallest absolute Gasteiger partial charge is 0.261 e. The summed E-state index contributed by atoms with van der Waals surface area (Å²) in [6, 6.07) is 8.27. The van der Waals surface area contributed by atoms with Crippen molar-refractivity contribution in [3.63, 3.8) is 0 Å². The molecule has 3 aromatic rings. The molecule has 0 spiro atoms. The number of nitrogens with zero attached hydrogens (tertiary/aromatic N) is 4. The zero-order valence-corrected chi connectivity index (χ0v) is 25.3. The Balaban J connectivity index is 1.68. The Kier molecular flexibility index (Phi) is 9.25. The number of benzene rings is 2. The second-order valence-corrected chi connectivity index (χ2v) is 14.1. The third kappa shape index (κ3) is 6.91. The minimum absolute atomic E-state index is 0.0754. The van der Waals surface area contributed by atoms with E-state index in [4.69, 9.17) is 4.74 Å². The van der Waals surface area contributed by atoms with Crippen LogP contribution in [0.2, 0.25) is 0 Å². The first-order chi connectivity index (χ1) is 19.7. The number of ether oxygens (including phenoxy) is 1. The Morgan fingerprint density at radius 3 is 2.50 bits per heavy atom. The van der Waals surface area contributed by atoms with Crippen molar-refractivity contribution in [1.82, 2.24) is 18.8 Å². The lowest BCUT2D eigenvalue weighted by molar-refractivity contribution is -0.134. The van der Waals surface area contributed by atoms with Gasteiger partial charge in [0.1, 0.15) is 17.7 Å². The molecule has 0 saturated carbocycles. The van der Waals surface area contributed by atoms with Gasteiger partial charge in [-0.1, -0.05) is 6.92 Å². The predicted octanol–water partition coefficient (Wildman–Crippen LogP) is 1.83. The zero-order chi connectivity index (χ0) is 30.8. The van der Waals surface area contributed by atoms with Gasteiger partial charge in [-0.25, -0.2) is 26.2 Å². The number of aromatic nitrogens is 2. The molecule has 228 valence electrons. The van der Waals surface area contributed by atoms with E-state index in [1.807, 2.05) is 6.92 Å². The number of aliphatic hydroxyl groups is 1. The van der Waals surface area contributed by atoms with Crippen molar-refractivity contribution in [2.45, 2.75) is 42.3 Å².